The minimum absolute atomic E-state index is 0.0280. The highest BCUT2D eigenvalue weighted by molar-refractivity contribution is 6.32. The van der Waals surface area contributed by atoms with Crippen LogP contribution in [-0.4, -0.2) is 22.3 Å². The smallest absolute Gasteiger partial charge is 0.107 e. The van der Waals surface area contributed by atoms with Crippen molar-refractivity contribution in [1.82, 2.24) is 0 Å². The Labute approximate surface area is 101 Å². The molecule has 4 saturated carbocycles. The van der Waals surface area contributed by atoms with Gasteiger partial charge in [0, 0.05) is 5.41 Å². The molecule has 0 aromatic rings. The summed E-state index contributed by atoms with van der Waals surface area (Å²) in [5.74, 6) is 1.54. The second kappa shape index (κ2) is 3.47. The van der Waals surface area contributed by atoms with Crippen molar-refractivity contribution in [2.75, 3.05) is 0 Å². The van der Waals surface area contributed by atoms with Gasteiger partial charge in [0.1, 0.15) is 5.71 Å². The molecular formula is C13H20N2O2. The third-order valence-corrected chi connectivity index (χ3v) is 5.18. The average Bonchev–Trinajstić information content (AvgIpc) is 2.22. The van der Waals surface area contributed by atoms with Crippen LogP contribution < -0.4 is 0 Å². The summed E-state index contributed by atoms with van der Waals surface area (Å²) in [6.07, 6.45) is 8.59. The van der Waals surface area contributed by atoms with Gasteiger partial charge in [-0.2, -0.15) is 0 Å². The molecule has 0 aromatic heterocycles. The van der Waals surface area contributed by atoms with Crippen molar-refractivity contribution in [1.29, 1.82) is 0 Å². The number of hydrogen-bond donors (Lipinski definition) is 2. The van der Waals surface area contributed by atoms with E-state index < -0.39 is 0 Å². The lowest BCUT2D eigenvalue weighted by atomic mass is 9.44. The van der Waals surface area contributed by atoms with Crippen molar-refractivity contribution in [2.24, 2.45) is 33.0 Å². The molecule has 4 aliphatic rings. The largest absolute Gasteiger partial charge is 0.411 e. The van der Waals surface area contributed by atoms with Gasteiger partial charge in [-0.05, 0) is 55.8 Å². The second-order valence-corrected chi connectivity index (χ2v) is 6.78. The van der Waals surface area contributed by atoms with E-state index in [1.165, 1.54) is 25.5 Å². The van der Waals surface area contributed by atoms with Crippen LogP contribution in [0.1, 0.15) is 45.4 Å². The van der Waals surface area contributed by atoms with E-state index in [9.17, 15) is 5.21 Å². The van der Waals surface area contributed by atoms with E-state index in [0.29, 0.717) is 11.1 Å². The molecule has 94 valence electrons. The summed E-state index contributed by atoms with van der Waals surface area (Å²) in [6, 6.07) is 0. The van der Waals surface area contributed by atoms with Crippen LogP contribution in [0.15, 0.2) is 10.3 Å². The summed E-state index contributed by atoms with van der Waals surface area (Å²) in [7, 11) is 0. The molecule has 2 atom stereocenters. The van der Waals surface area contributed by atoms with Gasteiger partial charge in [-0.15, -0.1) is 0 Å². The first-order valence-corrected chi connectivity index (χ1v) is 6.49. The second-order valence-electron chi connectivity index (χ2n) is 6.78. The third kappa shape index (κ3) is 1.57. The van der Waals surface area contributed by atoms with Gasteiger partial charge in [-0.25, -0.2) is 0 Å². The lowest BCUT2D eigenvalue weighted by Crippen LogP contribution is -2.54. The first-order valence-electron chi connectivity index (χ1n) is 6.49. The molecule has 0 radical (unpaired) electrons. The highest BCUT2D eigenvalue weighted by Gasteiger charge is 2.57. The maximum absolute atomic E-state index is 9.19. The fraction of sp³-hybridized carbons (Fsp3) is 0.846. The van der Waals surface area contributed by atoms with Gasteiger partial charge in [0.05, 0.1) is 6.21 Å². The van der Waals surface area contributed by atoms with Crippen LogP contribution in [0.5, 0.6) is 0 Å². The number of nitrogens with zero attached hydrogens (tertiary/aromatic N) is 2. The zero-order valence-electron chi connectivity index (χ0n) is 10.3. The van der Waals surface area contributed by atoms with Crippen LogP contribution in [0.2, 0.25) is 0 Å². The molecule has 0 aliphatic heterocycles. The highest BCUT2D eigenvalue weighted by atomic mass is 16.4. The molecule has 4 nitrogen and oxygen atoms in total. The molecule has 0 heterocycles. The zero-order chi connectivity index (χ0) is 12.1. The molecule has 0 spiro atoms. The van der Waals surface area contributed by atoms with E-state index in [1.54, 1.807) is 0 Å². The molecule has 0 aromatic carbocycles. The van der Waals surface area contributed by atoms with Crippen LogP contribution in [0.4, 0.5) is 0 Å². The quantitative estimate of drug-likeness (QED) is 0.440. The predicted molar refractivity (Wildman–Crippen MR) is 64.7 cm³/mol. The Morgan fingerprint density at radius 3 is 2.29 bits per heavy atom. The van der Waals surface area contributed by atoms with Gasteiger partial charge in [0.15, 0.2) is 0 Å². The van der Waals surface area contributed by atoms with Crippen LogP contribution in [0, 0.1) is 22.7 Å². The van der Waals surface area contributed by atoms with Gasteiger partial charge in [0.2, 0.25) is 0 Å². The van der Waals surface area contributed by atoms with Crippen LogP contribution in [-0.2, 0) is 0 Å². The number of oxime groups is 2. The molecule has 4 bridgehead atoms. The molecule has 0 saturated heterocycles. The van der Waals surface area contributed by atoms with Crippen LogP contribution >= 0.6 is 0 Å². The van der Waals surface area contributed by atoms with Crippen molar-refractivity contribution in [3.63, 3.8) is 0 Å². The first-order chi connectivity index (χ1) is 8.09. The fourth-order valence-electron chi connectivity index (χ4n) is 5.34. The topological polar surface area (TPSA) is 65.2 Å². The molecular weight excluding hydrogens is 216 g/mol. The maximum atomic E-state index is 9.19. The molecule has 4 fully saturated rings. The standard InChI is InChI=1S/C13H20N2O2/c1-12-3-9-2-10(4-12)6-13(5-9,8-12)11(15-17)7-14-16/h7,9-10,16-17H,2-6,8H2,1H3/b14-7+,15-11+. The van der Waals surface area contributed by atoms with E-state index in [4.69, 9.17) is 5.21 Å². The Kier molecular flexibility index (Phi) is 2.25. The number of hydrogen-bond acceptors (Lipinski definition) is 4. The summed E-state index contributed by atoms with van der Waals surface area (Å²) in [6.45, 7) is 2.37. The zero-order valence-corrected chi connectivity index (χ0v) is 10.3. The lowest BCUT2D eigenvalue weighted by molar-refractivity contribution is -0.0679. The van der Waals surface area contributed by atoms with Gasteiger partial charge in [-0.3, -0.25) is 0 Å². The van der Waals surface area contributed by atoms with E-state index >= 15 is 0 Å². The Bertz CT molecular complexity index is 375. The van der Waals surface area contributed by atoms with Gasteiger partial charge in [0.25, 0.3) is 0 Å². The summed E-state index contributed by atoms with van der Waals surface area (Å²) in [4.78, 5) is 0. The average molecular weight is 236 g/mol. The Balaban J connectivity index is 1.98. The molecule has 4 heteroatoms. The molecule has 4 rings (SSSR count). The number of rotatable bonds is 2. The highest BCUT2D eigenvalue weighted by Crippen LogP contribution is 2.65. The van der Waals surface area contributed by atoms with Crippen LogP contribution in [0.25, 0.3) is 0 Å². The lowest BCUT2D eigenvalue weighted by Gasteiger charge is -2.61. The van der Waals surface area contributed by atoms with Gasteiger partial charge in [-0.1, -0.05) is 17.2 Å². The minimum Gasteiger partial charge on any atom is -0.411 e. The molecule has 2 unspecified atom stereocenters. The van der Waals surface area contributed by atoms with Crippen molar-refractivity contribution in [3.8, 4) is 0 Å². The monoisotopic (exact) mass is 236 g/mol. The summed E-state index contributed by atoms with van der Waals surface area (Å²) < 4.78 is 0. The molecule has 4 aliphatic carbocycles. The first kappa shape index (κ1) is 11.1. The Morgan fingerprint density at radius 2 is 1.82 bits per heavy atom. The van der Waals surface area contributed by atoms with E-state index in [2.05, 4.69) is 17.2 Å². The molecule has 0 amide bonds. The summed E-state index contributed by atoms with van der Waals surface area (Å²) >= 11 is 0. The van der Waals surface area contributed by atoms with Crippen LogP contribution in [0.3, 0.4) is 0 Å². The van der Waals surface area contributed by atoms with Crippen molar-refractivity contribution in [3.05, 3.63) is 0 Å². The molecule has 2 N–H and O–H groups in total. The van der Waals surface area contributed by atoms with E-state index in [-0.39, 0.29) is 5.41 Å². The van der Waals surface area contributed by atoms with E-state index in [1.807, 2.05) is 0 Å². The predicted octanol–water partition coefficient (Wildman–Crippen LogP) is 2.88. The minimum atomic E-state index is -0.0280. The summed E-state index contributed by atoms with van der Waals surface area (Å²) in [5, 5.41) is 24.4. The third-order valence-electron chi connectivity index (χ3n) is 5.18. The van der Waals surface area contributed by atoms with E-state index in [0.717, 1.165) is 31.1 Å². The Hall–Kier alpha value is -1.06. The van der Waals surface area contributed by atoms with Crippen molar-refractivity contribution < 1.29 is 10.4 Å². The van der Waals surface area contributed by atoms with Gasteiger partial charge >= 0.3 is 0 Å². The fourth-order valence-corrected chi connectivity index (χ4v) is 5.34. The normalized spacial score (nSPS) is 49.1. The summed E-state index contributed by atoms with van der Waals surface area (Å²) in [5.41, 5.74) is 0.962. The maximum Gasteiger partial charge on any atom is 0.107 e. The van der Waals surface area contributed by atoms with Crippen molar-refractivity contribution >= 4 is 11.9 Å². The van der Waals surface area contributed by atoms with Crippen molar-refractivity contribution in [2.45, 2.75) is 45.4 Å². The molecule has 17 heavy (non-hydrogen) atoms. The Morgan fingerprint density at radius 1 is 1.18 bits per heavy atom. The SMILES string of the molecule is CC12CC3CC(C1)CC(C(/C=N/O)=N/O)(C3)C2. The van der Waals surface area contributed by atoms with Gasteiger partial charge < -0.3 is 10.4 Å².